The van der Waals surface area contributed by atoms with Gasteiger partial charge in [-0.3, -0.25) is 4.79 Å². The molecule has 0 N–H and O–H groups in total. The number of hydrogen-bond acceptors (Lipinski definition) is 3. The number of methoxy groups -OCH3 is 1. The predicted molar refractivity (Wildman–Crippen MR) is 65.0 cm³/mol. The molecule has 1 aliphatic carbocycles. The van der Waals surface area contributed by atoms with Crippen molar-refractivity contribution in [2.45, 2.75) is 32.3 Å². The third-order valence-corrected chi connectivity index (χ3v) is 3.24. The van der Waals surface area contributed by atoms with Gasteiger partial charge < -0.3 is 9.47 Å². The Morgan fingerprint density at radius 3 is 2.82 bits per heavy atom. The van der Waals surface area contributed by atoms with Gasteiger partial charge in [0.25, 0.3) is 0 Å². The van der Waals surface area contributed by atoms with Gasteiger partial charge in [0.05, 0.1) is 13.0 Å². The van der Waals surface area contributed by atoms with Crippen LogP contribution in [0.15, 0.2) is 24.3 Å². The Morgan fingerprint density at radius 1 is 1.41 bits per heavy atom. The van der Waals surface area contributed by atoms with Gasteiger partial charge in [-0.1, -0.05) is 19.1 Å². The molecule has 3 heteroatoms. The molecule has 3 nitrogen and oxygen atoms in total. The molecule has 0 saturated heterocycles. The lowest BCUT2D eigenvalue weighted by Crippen LogP contribution is -2.38. The van der Waals surface area contributed by atoms with Crippen molar-refractivity contribution in [1.82, 2.24) is 0 Å². The molecule has 1 aromatic rings. The summed E-state index contributed by atoms with van der Waals surface area (Å²) in [4.78, 5) is 11.2. The lowest BCUT2D eigenvalue weighted by Gasteiger charge is -2.33. The molecule has 1 aromatic carbocycles. The van der Waals surface area contributed by atoms with E-state index in [0.717, 1.165) is 25.0 Å². The highest BCUT2D eigenvalue weighted by Gasteiger charge is 2.36. The first kappa shape index (κ1) is 12.0. The molecule has 1 saturated carbocycles. The molecule has 92 valence electrons. The molecule has 0 aromatic heterocycles. The van der Waals surface area contributed by atoms with E-state index in [9.17, 15) is 4.79 Å². The lowest BCUT2D eigenvalue weighted by atomic mass is 9.82. The smallest absolute Gasteiger partial charge is 0.308 e. The largest absolute Gasteiger partial charge is 0.490 e. The third-order valence-electron chi connectivity index (χ3n) is 3.24. The van der Waals surface area contributed by atoms with Crippen molar-refractivity contribution < 1.29 is 14.3 Å². The van der Waals surface area contributed by atoms with Crippen LogP contribution in [0.1, 0.15) is 25.3 Å². The zero-order valence-corrected chi connectivity index (χ0v) is 10.3. The van der Waals surface area contributed by atoms with Crippen LogP contribution in [0, 0.1) is 5.92 Å². The number of benzene rings is 1. The van der Waals surface area contributed by atoms with Crippen molar-refractivity contribution in [2.24, 2.45) is 5.92 Å². The number of esters is 1. The molecule has 0 atom stereocenters. The molecule has 0 radical (unpaired) electrons. The minimum atomic E-state index is -0.118. The van der Waals surface area contributed by atoms with E-state index in [2.05, 4.69) is 19.1 Å². The number of aryl methyl sites for hydroxylation is 1. The van der Waals surface area contributed by atoms with Crippen molar-refractivity contribution in [3.05, 3.63) is 29.8 Å². The molecule has 0 aliphatic heterocycles. The van der Waals surface area contributed by atoms with Crippen LogP contribution in [-0.2, 0) is 16.0 Å². The monoisotopic (exact) mass is 234 g/mol. The van der Waals surface area contributed by atoms with E-state index < -0.39 is 0 Å². The fourth-order valence-electron chi connectivity index (χ4n) is 2.05. The molecule has 0 heterocycles. The number of rotatable bonds is 4. The second-order valence-electron chi connectivity index (χ2n) is 4.43. The summed E-state index contributed by atoms with van der Waals surface area (Å²) in [5.74, 6) is 0.809. The number of carbonyl (C=O) groups is 1. The zero-order chi connectivity index (χ0) is 12.3. The van der Waals surface area contributed by atoms with E-state index in [1.165, 1.54) is 12.7 Å². The fraction of sp³-hybridized carbons (Fsp3) is 0.500. The summed E-state index contributed by atoms with van der Waals surface area (Å²) in [7, 11) is 1.43. The number of hydrogen-bond donors (Lipinski definition) is 0. The van der Waals surface area contributed by atoms with Gasteiger partial charge in [-0.25, -0.2) is 0 Å². The summed E-state index contributed by atoms with van der Waals surface area (Å²) in [6, 6.07) is 8.12. The van der Waals surface area contributed by atoms with Crippen LogP contribution in [0.5, 0.6) is 5.75 Å². The topological polar surface area (TPSA) is 35.5 Å². The summed E-state index contributed by atoms with van der Waals surface area (Å²) >= 11 is 0. The minimum Gasteiger partial charge on any atom is -0.490 e. The fourth-order valence-corrected chi connectivity index (χ4v) is 2.05. The van der Waals surface area contributed by atoms with Gasteiger partial charge in [0, 0.05) is 0 Å². The first-order valence-electron chi connectivity index (χ1n) is 6.06. The van der Waals surface area contributed by atoms with Crippen molar-refractivity contribution >= 4 is 5.97 Å². The molecule has 0 unspecified atom stereocenters. The van der Waals surface area contributed by atoms with Crippen molar-refractivity contribution in [1.29, 1.82) is 0 Å². The molecule has 17 heavy (non-hydrogen) atoms. The van der Waals surface area contributed by atoms with E-state index in [1.807, 2.05) is 12.1 Å². The van der Waals surface area contributed by atoms with Gasteiger partial charge in [-0.05, 0) is 37.0 Å². The molecule has 0 amide bonds. The highest BCUT2D eigenvalue weighted by atomic mass is 16.5. The lowest BCUT2D eigenvalue weighted by molar-refractivity contribution is -0.151. The van der Waals surface area contributed by atoms with Crippen LogP contribution < -0.4 is 4.74 Å². The first-order valence-corrected chi connectivity index (χ1v) is 6.06. The maximum Gasteiger partial charge on any atom is 0.308 e. The second kappa shape index (κ2) is 5.21. The molecular formula is C14H18O3. The molecule has 1 fully saturated rings. The van der Waals surface area contributed by atoms with Crippen LogP contribution in [0.2, 0.25) is 0 Å². The predicted octanol–water partition coefficient (Wildman–Crippen LogP) is 2.58. The Hall–Kier alpha value is -1.51. The summed E-state index contributed by atoms with van der Waals surface area (Å²) < 4.78 is 10.5. The standard InChI is InChI=1S/C14H18O3/c1-3-10-5-4-6-12(7-10)17-13-8-11(9-13)14(15)16-2/h4-7,11,13H,3,8-9H2,1-2H3/t11-,13-. The quantitative estimate of drug-likeness (QED) is 0.751. The Bertz CT molecular complexity index is 394. The maximum atomic E-state index is 11.2. The number of ether oxygens (including phenoxy) is 2. The van der Waals surface area contributed by atoms with Gasteiger partial charge in [0.15, 0.2) is 0 Å². The summed E-state index contributed by atoms with van der Waals surface area (Å²) in [6.07, 6.45) is 2.70. The van der Waals surface area contributed by atoms with Crippen LogP contribution in [0.4, 0.5) is 0 Å². The Balaban J connectivity index is 1.85. The van der Waals surface area contributed by atoms with Crippen LogP contribution in [0.25, 0.3) is 0 Å². The molecular weight excluding hydrogens is 216 g/mol. The second-order valence-corrected chi connectivity index (χ2v) is 4.43. The molecule has 0 bridgehead atoms. The highest BCUT2D eigenvalue weighted by molar-refractivity contribution is 5.73. The maximum absolute atomic E-state index is 11.2. The Kier molecular flexibility index (Phi) is 3.67. The van der Waals surface area contributed by atoms with Crippen LogP contribution in [0.3, 0.4) is 0 Å². The SMILES string of the molecule is CCc1cccc(O[C@H]2C[C@H](C(=O)OC)C2)c1. The van der Waals surface area contributed by atoms with Crippen molar-refractivity contribution in [3.8, 4) is 5.75 Å². The van der Waals surface area contributed by atoms with Gasteiger partial charge in [0.1, 0.15) is 11.9 Å². The van der Waals surface area contributed by atoms with E-state index in [-0.39, 0.29) is 18.0 Å². The summed E-state index contributed by atoms with van der Waals surface area (Å²) in [6.45, 7) is 2.12. The number of carbonyl (C=O) groups excluding carboxylic acids is 1. The summed E-state index contributed by atoms with van der Waals surface area (Å²) in [5.41, 5.74) is 1.27. The molecule has 0 spiro atoms. The Morgan fingerprint density at radius 2 is 2.18 bits per heavy atom. The minimum absolute atomic E-state index is 0.0272. The van der Waals surface area contributed by atoms with Crippen LogP contribution in [-0.4, -0.2) is 19.2 Å². The average molecular weight is 234 g/mol. The zero-order valence-electron chi connectivity index (χ0n) is 10.3. The highest BCUT2D eigenvalue weighted by Crippen LogP contribution is 2.32. The van der Waals surface area contributed by atoms with Crippen LogP contribution >= 0.6 is 0 Å². The van der Waals surface area contributed by atoms with Crippen molar-refractivity contribution in [2.75, 3.05) is 7.11 Å². The van der Waals surface area contributed by atoms with Gasteiger partial charge in [0.2, 0.25) is 0 Å². The van der Waals surface area contributed by atoms with E-state index >= 15 is 0 Å². The molecule has 2 rings (SSSR count). The van der Waals surface area contributed by atoms with E-state index in [4.69, 9.17) is 9.47 Å². The van der Waals surface area contributed by atoms with Gasteiger partial charge in [-0.15, -0.1) is 0 Å². The normalized spacial score (nSPS) is 22.7. The average Bonchev–Trinajstić information content (AvgIpc) is 2.32. The molecule has 1 aliphatic rings. The first-order chi connectivity index (χ1) is 8.22. The van der Waals surface area contributed by atoms with Crippen molar-refractivity contribution in [3.63, 3.8) is 0 Å². The Labute approximate surface area is 102 Å². The van der Waals surface area contributed by atoms with E-state index in [1.54, 1.807) is 0 Å². The third kappa shape index (κ3) is 2.78. The van der Waals surface area contributed by atoms with E-state index in [0.29, 0.717) is 0 Å². The van der Waals surface area contributed by atoms with Gasteiger partial charge >= 0.3 is 5.97 Å². The van der Waals surface area contributed by atoms with Gasteiger partial charge in [-0.2, -0.15) is 0 Å². The summed E-state index contributed by atoms with van der Waals surface area (Å²) in [5, 5.41) is 0.